The summed E-state index contributed by atoms with van der Waals surface area (Å²) in [6.07, 6.45) is -4.63. The summed E-state index contributed by atoms with van der Waals surface area (Å²) in [5, 5.41) is 0. The highest BCUT2D eigenvalue weighted by atomic mass is 19.4. The predicted molar refractivity (Wildman–Crippen MR) is 49.1 cm³/mol. The average Bonchev–Trinajstić information content (AvgIpc) is 2.17. The fourth-order valence-electron chi connectivity index (χ4n) is 1.29. The molecule has 90 valence electrons. The van der Waals surface area contributed by atoms with Gasteiger partial charge in [0.05, 0.1) is 7.11 Å². The van der Waals surface area contributed by atoms with Gasteiger partial charge < -0.3 is 4.74 Å². The second kappa shape index (κ2) is 4.67. The van der Waals surface area contributed by atoms with Crippen LogP contribution in [0.25, 0.3) is 0 Å². The molecule has 1 aromatic rings. The van der Waals surface area contributed by atoms with Crippen molar-refractivity contribution in [2.45, 2.75) is 12.2 Å². The molecule has 3 N–H and O–H groups in total. The topological polar surface area (TPSA) is 47.3 Å². The predicted octanol–water partition coefficient (Wildman–Crippen LogP) is 1.90. The molecule has 0 aliphatic rings. The standard InChI is InChI=1S/C9H10F4N2O/c1-16-7-3-2-5(10)4-6(7)8(15-14)9(11,12)13/h2-4,8,15H,14H2,1H3. The lowest BCUT2D eigenvalue weighted by atomic mass is 10.1. The number of hydrogen-bond acceptors (Lipinski definition) is 3. The zero-order valence-electron chi connectivity index (χ0n) is 8.31. The van der Waals surface area contributed by atoms with Crippen LogP contribution in [0, 0.1) is 5.82 Å². The number of benzene rings is 1. The average molecular weight is 238 g/mol. The van der Waals surface area contributed by atoms with Gasteiger partial charge in [0.1, 0.15) is 17.6 Å². The first-order chi connectivity index (χ1) is 7.40. The minimum absolute atomic E-state index is 0.0818. The molecule has 16 heavy (non-hydrogen) atoms. The van der Waals surface area contributed by atoms with E-state index in [9.17, 15) is 17.6 Å². The molecule has 0 fully saturated rings. The number of nitrogens with one attached hydrogen (secondary N) is 1. The maximum atomic E-state index is 12.9. The van der Waals surface area contributed by atoms with E-state index in [1.54, 1.807) is 5.43 Å². The molecule has 0 saturated heterocycles. The van der Waals surface area contributed by atoms with E-state index in [-0.39, 0.29) is 5.75 Å². The lowest BCUT2D eigenvalue weighted by Gasteiger charge is -2.21. The van der Waals surface area contributed by atoms with Crippen molar-refractivity contribution in [1.82, 2.24) is 5.43 Å². The number of nitrogens with two attached hydrogens (primary N) is 1. The van der Waals surface area contributed by atoms with Crippen LogP contribution in [0.4, 0.5) is 17.6 Å². The largest absolute Gasteiger partial charge is 0.496 e. The number of rotatable bonds is 3. The Bertz CT molecular complexity index is 367. The Morgan fingerprint density at radius 2 is 2.00 bits per heavy atom. The van der Waals surface area contributed by atoms with Gasteiger partial charge in [-0.05, 0) is 18.2 Å². The van der Waals surface area contributed by atoms with Gasteiger partial charge in [-0.1, -0.05) is 0 Å². The summed E-state index contributed by atoms with van der Waals surface area (Å²) in [6, 6.07) is 0.683. The summed E-state index contributed by atoms with van der Waals surface area (Å²) < 4.78 is 55.2. The van der Waals surface area contributed by atoms with E-state index in [1.165, 1.54) is 7.11 Å². The molecule has 0 radical (unpaired) electrons. The van der Waals surface area contributed by atoms with Gasteiger partial charge in [0.15, 0.2) is 0 Å². The fraction of sp³-hybridized carbons (Fsp3) is 0.333. The molecule has 0 bridgehead atoms. The van der Waals surface area contributed by atoms with Gasteiger partial charge in [-0.2, -0.15) is 13.2 Å². The Morgan fingerprint density at radius 3 is 2.44 bits per heavy atom. The molecule has 1 aromatic carbocycles. The van der Waals surface area contributed by atoms with Crippen molar-refractivity contribution in [2.75, 3.05) is 7.11 Å². The van der Waals surface area contributed by atoms with Crippen LogP contribution in [0.5, 0.6) is 5.75 Å². The Labute approximate surface area is 89.2 Å². The molecule has 0 aromatic heterocycles. The van der Waals surface area contributed by atoms with Gasteiger partial charge in [-0.25, -0.2) is 9.82 Å². The third-order valence-electron chi connectivity index (χ3n) is 2.00. The molecule has 3 nitrogen and oxygen atoms in total. The van der Waals surface area contributed by atoms with Gasteiger partial charge in [0.25, 0.3) is 0 Å². The summed E-state index contributed by atoms with van der Waals surface area (Å²) in [7, 11) is 1.20. The number of ether oxygens (including phenoxy) is 1. The van der Waals surface area contributed by atoms with Crippen molar-refractivity contribution in [3.63, 3.8) is 0 Å². The van der Waals surface area contributed by atoms with E-state index in [0.29, 0.717) is 0 Å². The fourth-order valence-corrected chi connectivity index (χ4v) is 1.29. The van der Waals surface area contributed by atoms with Crippen molar-refractivity contribution in [2.24, 2.45) is 5.84 Å². The third-order valence-corrected chi connectivity index (χ3v) is 2.00. The van der Waals surface area contributed by atoms with Crippen molar-refractivity contribution in [3.8, 4) is 5.75 Å². The molecule has 0 aliphatic carbocycles. The quantitative estimate of drug-likeness (QED) is 0.480. The smallest absolute Gasteiger partial charge is 0.409 e. The van der Waals surface area contributed by atoms with Gasteiger partial charge >= 0.3 is 6.18 Å². The highest BCUT2D eigenvalue weighted by Crippen LogP contribution is 2.36. The molecule has 1 rings (SSSR count). The molecule has 0 aliphatic heterocycles. The number of halogens is 4. The molecule has 1 unspecified atom stereocenters. The molecular weight excluding hydrogens is 228 g/mol. The van der Waals surface area contributed by atoms with E-state index in [0.717, 1.165) is 18.2 Å². The SMILES string of the molecule is COc1ccc(F)cc1C(NN)C(F)(F)F. The maximum absolute atomic E-state index is 12.9. The van der Waals surface area contributed by atoms with Crippen LogP contribution < -0.4 is 16.0 Å². The molecule has 0 heterocycles. The lowest BCUT2D eigenvalue weighted by molar-refractivity contribution is -0.158. The van der Waals surface area contributed by atoms with Crippen LogP contribution >= 0.6 is 0 Å². The third kappa shape index (κ3) is 2.61. The van der Waals surface area contributed by atoms with Crippen molar-refractivity contribution in [3.05, 3.63) is 29.6 Å². The molecule has 0 amide bonds. The van der Waals surface area contributed by atoms with Crippen LogP contribution in [0.15, 0.2) is 18.2 Å². The molecular formula is C9H10F4N2O. The van der Waals surface area contributed by atoms with Crippen LogP contribution in [0.1, 0.15) is 11.6 Å². The summed E-state index contributed by atoms with van der Waals surface area (Å²) in [5.41, 5.74) is 1.20. The number of hydrogen-bond donors (Lipinski definition) is 2. The lowest BCUT2D eigenvalue weighted by Crippen LogP contribution is -2.38. The van der Waals surface area contributed by atoms with Crippen LogP contribution in [0.3, 0.4) is 0 Å². The maximum Gasteiger partial charge on any atom is 0.409 e. The van der Waals surface area contributed by atoms with Gasteiger partial charge in [-0.15, -0.1) is 0 Å². The molecule has 0 saturated carbocycles. The highest BCUT2D eigenvalue weighted by Gasteiger charge is 2.41. The first-order valence-corrected chi connectivity index (χ1v) is 4.26. The Hall–Kier alpha value is -1.34. The number of methoxy groups -OCH3 is 1. The van der Waals surface area contributed by atoms with E-state index < -0.39 is 23.6 Å². The second-order valence-corrected chi connectivity index (χ2v) is 3.03. The van der Waals surface area contributed by atoms with Gasteiger partial charge in [0.2, 0.25) is 0 Å². The minimum atomic E-state index is -4.63. The van der Waals surface area contributed by atoms with Gasteiger partial charge in [-0.3, -0.25) is 5.84 Å². The van der Waals surface area contributed by atoms with Crippen molar-refractivity contribution >= 4 is 0 Å². The molecule has 1 atom stereocenters. The number of alkyl halides is 3. The van der Waals surface area contributed by atoms with Crippen molar-refractivity contribution in [1.29, 1.82) is 0 Å². The van der Waals surface area contributed by atoms with E-state index in [4.69, 9.17) is 10.6 Å². The van der Waals surface area contributed by atoms with E-state index in [1.807, 2.05) is 0 Å². The monoisotopic (exact) mass is 238 g/mol. The highest BCUT2D eigenvalue weighted by molar-refractivity contribution is 5.37. The zero-order valence-corrected chi connectivity index (χ0v) is 8.31. The zero-order chi connectivity index (χ0) is 12.3. The van der Waals surface area contributed by atoms with Crippen LogP contribution in [-0.4, -0.2) is 13.3 Å². The summed E-state index contributed by atoms with van der Waals surface area (Å²) in [5.74, 6) is 3.94. The Balaban J connectivity index is 3.23. The van der Waals surface area contributed by atoms with Gasteiger partial charge in [0, 0.05) is 5.56 Å². The number of hydrazine groups is 1. The minimum Gasteiger partial charge on any atom is -0.496 e. The summed E-state index contributed by atoms with van der Waals surface area (Å²) in [6.45, 7) is 0. The van der Waals surface area contributed by atoms with Crippen molar-refractivity contribution < 1.29 is 22.3 Å². The summed E-state index contributed by atoms with van der Waals surface area (Å²) >= 11 is 0. The van der Waals surface area contributed by atoms with E-state index >= 15 is 0 Å². The molecule has 7 heteroatoms. The second-order valence-electron chi connectivity index (χ2n) is 3.03. The van der Waals surface area contributed by atoms with E-state index in [2.05, 4.69) is 0 Å². The first kappa shape index (κ1) is 12.7. The normalized spacial score (nSPS) is 13.6. The Morgan fingerprint density at radius 1 is 1.38 bits per heavy atom. The van der Waals surface area contributed by atoms with Crippen LogP contribution in [0.2, 0.25) is 0 Å². The Kier molecular flexibility index (Phi) is 3.71. The van der Waals surface area contributed by atoms with Crippen LogP contribution in [-0.2, 0) is 0 Å². The first-order valence-electron chi connectivity index (χ1n) is 4.26. The molecule has 0 spiro atoms. The summed E-state index contributed by atoms with van der Waals surface area (Å²) in [4.78, 5) is 0.